The van der Waals surface area contributed by atoms with Crippen molar-refractivity contribution >= 4 is 21.6 Å². The van der Waals surface area contributed by atoms with Gasteiger partial charge in [-0.05, 0) is 11.1 Å². The molecule has 0 bridgehead atoms. The van der Waals surface area contributed by atoms with Crippen LogP contribution in [0.1, 0.15) is 18.4 Å². The fraction of sp³-hybridized carbons (Fsp3) is 0.421. The highest BCUT2D eigenvalue weighted by atomic mass is 32.2. The largest absolute Gasteiger partial charge is 0.369 e. The van der Waals surface area contributed by atoms with Crippen LogP contribution in [-0.2, 0) is 23.8 Å². The molecule has 1 aliphatic rings. The maximum Gasteiger partial charge on any atom is 0.264 e. The molecule has 0 N–H and O–H groups in total. The van der Waals surface area contributed by atoms with Crippen LogP contribution in [0.15, 0.2) is 36.9 Å². The number of β-lactam (4-membered cyclic amide) rings is 1. The van der Waals surface area contributed by atoms with Crippen molar-refractivity contribution in [1.29, 1.82) is 0 Å². The van der Waals surface area contributed by atoms with E-state index < -0.39 is 28.4 Å². The highest BCUT2D eigenvalue weighted by molar-refractivity contribution is 7.86. The molecule has 2 rings (SSSR count). The summed E-state index contributed by atoms with van der Waals surface area (Å²) >= 11 is 0. The third kappa shape index (κ3) is 4.73. The molecule has 1 aromatic carbocycles. The zero-order valence-corrected chi connectivity index (χ0v) is 15.7. The number of ether oxygens (including phenoxy) is 1. The Balaban J connectivity index is 2.26. The molecule has 1 fully saturated rings. The second kappa shape index (κ2) is 8.49. The predicted molar refractivity (Wildman–Crippen MR) is 99.6 cm³/mol. The maximum atomic E-state index is 12.2. The van der Waals surface area contributed by atoms with E-state index in [-0.39, 0.29) is 12.3 Å². The van der Waals surface area contributed by atoms with Crippen LogP contribution in [0.5, 0.6) is 0 Å². The second-order valence-electron chi connectivity index (χ2n) is 6.15. The van der Waals surface area contributed by atoms with Crippen LogP contribution >= 0.6 is 0 Å². The summed E-state index contributed by atoms with van der Waals surface area (Å²) in [5, 5.41) is 0. The van der Waals surface area contributed by atoms with Crippen molar-refractivity contribution in [2.24, 2.45) is 0 Å². The molecule has 7 heteroatoms. The summed E-state index contributed by atoms with van der Waals surface area (Å²) < 4.78 is 34.1. The zero-order valence-electron chi connectivity index (χ0n) is 14.9. The Labute approximate surface area is 154 Å². The topological polar surface area (TPSA) is 72.9 Å². The average Bonchev–Trinajstić information content (AvgIpc) is 2.59. The smallest absolute Gasteiger partial charge is 0.264 e. The molecule has 6 nitrogen and oxygen atoms in total. The number of likely N-dealkylation sites (tertiary alicyclic amines) is 1. The van der Waals surface area contributed by atoms with Crippen molar-refractivity contribution in [3.05, 3.63) is 42.5 Å². The van der Waals surface area contributed by atoms with Gasteiger partial charge in [0.1, 0.15) is 6.10 Å². The summed E-state index contributed by atoms with van der Waals surface area (Å²) in [5.74, 6) is 2.26. The fourth-order valence-electron chi connectivity index (χ4n) is 3.09. The standard InChI is InChI=1S/C19H23NO5S/c1-5-6-12-20-17(18(24-3)19(20)21)16(25-26(4,22)23)13-14(2)15-10-8-7-9-11-15/h1,7-11,16-18H,2,6,12-13H2,3-4H3/t16-,17+,18-/m1/s1. The Kier molecular flexibility index (Phi) is 6.59. The molecular formula is C19H23NO5S. The molecule has 140 valence electrons. The SMILES string of the molecule is C#CCCN1C(=O)[C@H](OC)[C@@H]1[C@@H](CC(=C)c1ccccc1)OS(C)(=O)=O. The Morgan fingerprint density at radius 1 is 1.38 bits per heavy atom. The van der Waals surface area contributed by atoms with E-state index in [4.69, 9.17) is 15.3 Å². The van der Waals surface area contributed by atoms with Crippen molar-refractivity contribution in [3.8, 4) is 12.3 Å². The molecule has 0 saturated carbocycles. The maximum absolute atomic E-state index is 12.2. The number of terminal acetylenes is 1. The summed E-state index contributed by atoms with van der Waals surface area (Å²) in [4.78, 5) is 13.8. The molecule has 3 atom stereocenters. The first-order valence-corrected chi connectivity index (χ1v) is 9.98. The number of carbonyl (C=O) groups excluding carboxylic acids is 1. The van der Waals surface area contributed by atoms with Crippen LogP contribution < -0.4 is 0 Å². The van der Waals surface area contributed by atoms with Gasteiger partial charge in [0.25, 0.3) is 16.0 Å². The van der Waals surface area contributed by atoms with E-state index in [0.29, 0.717) is 18.5 Å². The summed E-state index contributed by atoms with van der Waals surface area (Å²) in [7, 11) is -2.33. The lowest BCUT2D eigenvalue weighted by molar-refractivity contribution is -0.178. The second-order valence-corrected chi connectivity index (χ2v) is 7.75. The van der Waals surface area contributed by atoms with E-state index in [0.717, 1.165) is 11.8 Å². The summed E-state index contributed by atoms with van der Waals surface area (Å²) in [6.07, 6.45) is 5.31. The van der Waals surface area contributed by atoms with E-state index >= 15 is 0 Å². The minimum atomic E-state index is -3.74. The third-order valence-electron chi connectivity index (χ3n) is 4.26. The van der Waals surface area contributed by atoms with Gasteiger partial charge in [-0.25, -0.2) is 0 Å². The first kappa shape index (κ1) is 20.2. The molecule has 1 aromatic rings. The molecule has 1 aliphatic heterocycles. The Bertz CT molecular complexity index is 797. The van der Waals surface area contributed by atoms with Gasteiger partial charge < -0.3 is 9.64 Å². The molecule has 0 unspecified atom stereocenters. The molecule has 26 heavy (non-hydrogen) atoms. The quantitative estimate of drug-likeness (QED) is 0.372. The molecule has 0 spiro atoms. The van der Waals surface area contributed by atoms with Crippen LogP contribution in [-0.4, -0.2) is 57.4 Å². The number of rotatable bonds is 9. The first-order valence-electron chi connectivity index (χ1n) is 8.16. The van der Waals surface area contributed by atoms with Crippen LogP contribution in [0.25, 0.3) is 5.57 Å². The number of methoxy groups -OCH3 is 1. The Morgan fingerprint density at radius 3 is 2.58 bits per heavy atom. The van der Waals surface area contributed by atoms with Crippen molar-refractivity contribution in [3.63, 3.8) is 0 Å². The Hall–Kier alpha value is -2.14. The lowest BCUT2D eigenvalue weighted by atomic mass is 9.87. The molecular weight excluding hydrogens is 354 g/mol. The van der Waals surface area contributed by atoms with Gasteiger partial charge in [-0.3, -0.25) is 8.98 Å². The van der Waals surface area contributed by atoms with Crippen molar-refractivity contribution in [2.75, 3.05) is 19.9 Å². The van der Waals surface area contributed by atoms with Crippen LogP contribution in [0.3, 0.4) is 0 Å². The van der Waals surface area contributed by atoms with Gasteiger partial charge in [-0.15, -0.1) is 12.3 Å². The fourth-order valence-corrected chi connectivity index (χ4v) is 3.72. The lowest BCUT2D eigenvalue weighted by Gasteiger charge is -2.49. The van der Waals surface area contributed by atoms with Gasteiger partial charge in [0, 0.05) is 26.5 Å². The normalized spacial score (nSPS) is 21.0. The lowest BCUT2D eigenvalue weighted by Crippen LogP contribution is -2.70. The number of amides is 1. The minimum Gasteiger partial charge on any atom is -0.369 e. The monoisotopic (exact) mass is 377 g/mol. The van der Waals surface area contributed by atoms with Gasteiger partial charge >= 0.3 is 0 Å². The van der Waals surface area contributed by atoms with Crippen LogP contribution in [0.2, 0.25) is 0 Å². The van der Waals surface area contributed by atoms with Gasteiger partial charge in [0.05, 0.1) is 12.3 Å². The highest BCUT2D eigenvalue weighted by Crippen LogP contribution is 2.32. The zero-order chi connectivity index (χ0) is 19.3. The number of benzene rings is 1. The molecule has 1 amide bonds. The molecule has 1 heterocycles. The number of hydrogen-bond acceptors (Lipinski definition) is 5. The van der Waals surface area contributed by atoms with E-state index in [9.17, 15) is 13.2 Å². The minimum absolute atomic E-state index is 0.222. The summed E-state index contributed by atoms with van der Waals surface area (Å²) in [5.41, 5.74) is 1.59. The van der Waals surface area contributed by atoms with Crippen molar-refractivity contribution in [1.82, 2.24) is 4.90 Å². The third-order valence-corrected chi connectivity index (χ3v) is 4.85. The van der Waals surface area contributed by atoms with E-state index in [2.05, 4.69) is 12.5 Å². The van der Waals surface area contributed by atoms with Crippen LogP contribution in [0, 0.1) is 12.3 Å². The van der Waals surface area contributed by atoms with Gasteiger partial charge in [-0.2, -0.15) is 8.42 Å². The summed E-state index contributed by atoms with van der Waals surface area (Å²) in [6, 6.07) is 8.85. The molecule has 0 aromatic heterocycles. The number of nitrogens with zero attached hydrogens (tertiary/aromatic N) is 1. The van der Waals surface area contributed by atoms with E-state index in [1.54, 1.807) is 0 Å². The van der Waals surface area contributed by atoms with Gasteiger partial charge in [0.2, 0.25) is 0 Å². The molecule has 0 radical (unpaired) electrons. The van der Waals surface area contributed by atoms with E-state index in [1.165, 1.54) is 12.0 Å². The molecule has 0 aliphatic carbocycles. The molecule has 1 saturated heterocycles. The van der Waals surface area contributed by atoms with E-state index in [1.807, 2.05) is 30.3 Å². The highest BCUT2D eigenvalue weighted by Gasteiger charge is 2.52. The Morgan fingerprint density at radius 2 is 2.04 bits per heavy atom. The van der Waals surface area contributed by atoms with Crippen molar-refractivity contribution < 1.29 is 22.1 Å². The predicted octanol–water partition coefficient (Wildman–Crippen LogP) is 1.68. The number of hydrogen-bond donors (Lipinski definition) is 0. The van der Waals surface area contributed by atoms with Crippen molar-refractivity contribution in [2.45, 2.75) is 31.1 Å². The van der Waals surface area contributed by atoms with Crippen LogP contribution in [0.4, 0.5) is 0 Å². The van der Waals surface area contributed by atoms with Gasteiger partial charge in [0.15, 0.2) is 6.10 Å². The first-order chi connectivity index (χ1) is 12.3. The average molecular weight is 377 g/mol. The van der Waals surface area contributed by atoms with Gasteiger partial charge in [-0.1, -0.05) is 36.9 Å². The summed E-state index contributed by atoms with van der Waals surface area (Å²) in [6.45, 7) is 4.36. The number of carbonyl (C=O) groups is 1.